The minimum absolute atomic E-state index is 0.0919. The molecule has 81 valence electrons. The molecule has 3 nitrogen and oxygen atoms in total. The van der Waals surface area contributed by atoms with Gasteiger partial charge in [-0.05, 0) is 16.8 Å². The van der Waals surface area contributed by atoms with Crippen LogP contribution in [-0.4, -0.2) is 19.7 Å². The minimum Gasteiger partial charge on any atom is -0.481 e. The van der Waals surface area contributed by atoms with E-state index in [1.54, 1.807) is 6.07 Å². The van der Waals surface area contributed by atoms with E-state index in [2.05, 4.69) is 10.8 Å². The zero-order valence-corrected chi connectivity index (χ0v) is 8.90. The lowest BCUT2D eigenvalue weighted by Gasteiger charge is -2.05. The van der Waals surface area contributed by atoms with Crippen LogP contribution >= 0.6 is 0 Å². The van der Waals surface area contributed by atoms with E-state index in [1.165, 1.54) is 7.11 Å². The van der Waals surface area contributed by atoms with Crippen molar-refractivity contribution < 1.29 is 14.3 Å². The number of esters is 1. The maximum atomic E-state index is 10.9. The van der Waals surface area contributed by atoms with Crippen LogP contribution in [0.1, 0.15) is 0 Å². The van der Waals surface area contributed by atoms with Gasteiger partial charge in [-0.2, -0.15) is 0 Å². The Morgan fingerprint density at radius 1 is 1.25 bits per heavy atom. The smallest absolute Gasteiger partial charge is 0.343 e. The van der Waals surface area contributed by atoms with Gasteiger partial charge < -0.3 is 9.47 Å². The molecule has 0 saturated carbocycles. The number of hydrogen-bond donors (Lipinski definition) is 0. The second kappa shape index (κ2) is 4.66. The van der Waals surface area contributed by atoms with Gasteiger partial charge in [0.25, 0.3) is 0 Å². The monoisotopic (exact) mass is 215 g/mol. The molecule has 1 radical (unpaired) electrons. The predicted octanol–water partition coefficient (Wildman–Crippen LogP) is 2.19. The third kappa shape index (κ3) is 2.31. The Kier molecular flexibility index (Phi) is 3.05. The summed E-state index contributed by atoms with van der Waals surface area (Å²) in [6.45, 7) is -0.0919. The van der Waals surface area contributed by atoms with E-state index in [4.69, 9.17) is 4.74 Å². The van der Waals surface area contributed by atoms with E-state index in [1.807, 2.05) is 30.3 Å². The van der Waals surface area contributed by atoms with Gasteiger partial charge in [-0.3, -0.25) is 0 Å². The molecule has 0 aliphatic carbocycles. The zero-order valence-electron chi connectivity index (χ0n) is 8.90. The van der Waals surface area contributed by atoms with E-state index >= 15 is 0 Å². The van der Waals surface area contributed by atoms with Crippen molar-refractivity contribution in [1.29, 1.82) is 0 Å². The number of carbonyl (C=O) groups is 1. The number of methoxy groups -OCH3 is 1. The summed E-state index contributed by atoms with van der Waals surface area (Å²) >= 11 is 0. The molecule has 0 atom stereocenters. The first-order chi connectivity index (χ1) is 7.79. The summed E-state index contributed by atoms with van der Waals surface area (Å²) in [6.07, 6.45) is 0. The molecule has 3 heteroatoms. The van der Waals surface area contributed by atoms with Crippen molar-refractivity contribution in [3.8, 4) is 5.75 Å². The fourth-order valence-electron chi connectivity index (χ4n) is 1.38. The molecule has 0 aliphatic heterocycles. The van der Waals surface area contributed by atoms with Gasteiger partial charge in [0.05, 0.1) is 7.11 Å². The highest BCUT2D eigenvalue weighted by Gasteiger charge is 2.02. The van der Waals surface area contributed by atoms with Crippen molar-refractivity contribution >= 4 is 16.7 Å². The Bertz CT molecular complexity index is 505. The first kappa shape index (κ1) is 10.5. The van der Waals surface area contributed by atoms with Gasteiger partial charge in [0.2, 0.25) is 0 Å². The Hall–Kier alpha value is -2.03. The second-order valence-electron chi connectivity index (χ2n) is 3.27. The van der Waals surface area contributed by atoms with Crippen LogP contribution in [0.5, 0.6) is 5.75 Å². The zero-order chi connectivity index (χ0) is 11.4. The summed E-state index contributed by atoms with van der Waals surface area (Å²) in [5.41, 5.74) is 0. The van der Waals surface area contributed by atoms with Gasteiger partial charge >= 0.3 is 5.97 Å². The van der Waals surface area contributed by atoms with Crippen molar-refractivity contribution in [2.45, 2.75) is 0 Å². The van der Waals surface area contributed by atoms with Gasteiger partial charge in [-0.15, -0.1) is 0 Å². The van der Waals surface area contributed by atoms with Crippen molar-refractivity contribution in [3.05, 3.63) is 42.5 Å². The van der Waals surface area contributed by atoms with E-state index in [9.17, 15) is 4.79 Å². The SMILES string of the molecule is COC(=O)COc1[c]c2ccccc2cc1. The quantitative estimate of drug-likeness (QED) is 0.736. The lowest BCUT2D eigenvalue weighted by Crippen LogP contribution is -2.12. The number of ether oxygens (including phenoxy) is 2. The fourth-order valence-corrected chi connectivity index (χ4v) is 1.38. The first-order valence-electron chi connectivity index (χ1n) is 4.90. The number of rotatable bonds is 3. The molecule has 0 saturated heterocycles. The van der Waals surface area contributed by atoms with E-state index < -0.39 is 5.97 Å². The van der Waals surface area contributed by atoms with Crippen molar-refractivity contribution in [1.82, 2.24) is 0 Å². The Labute approximate surface area is 93.6 Å². The van der Waals surface area contributed by atoms with Crippen molar-refractivity contribution in [2.24, 2.45) is 0 Å². The van der Waals surface area contributed by atoms with E-state index in [0.29, 0.717) is 5.75 Å². The Balaban J connectivity index is 2.16. The number of hydrogen-bond acceptors (Lipinski definition) is 3. The van der Waals surface area contributed by atoms with Gasteiger partial charge in [-0.1, -0.05) is 30.3 Å². The molecule has 0 aliphatic rings. The standard InChI is InChI=1S/C13H11O3/c1-15-13(14)9-16-12-7-6-10-4-2-3-5-11(10)8-12/h2-7H,9H2,1H3. The summed E-state index contributed by atoms with van der Waals surface area (Å²) < 4.78 is 9.72. The van der Waals surface area contributed by atoms with Crippen LogP contribution < -0.4 is 4.74 Å². The van der Waals surface area contributed by atoms with Gasteiger partial charge in [-0.25, -0.2) is 4.79 Å². The number of benzene rings is 2. The molecule has 0 amide bonds. The molecule has 0 aromatic heterocycles. The van der Waals surface area contributed by atoms with Crippen LogP contribution in [-0.2, 0) is 9.53 Å². The third-order valence-corrected chi connectivity index (χ3v) is 2.21. The maximum absolute atomic E-state index is 10.9. The lowest BCUT2D eigenvalue weighted by atomic mass is 10.1. The molecule has 2 aromatic carbocycles. The minimum atomic E-state index is -0.401. The molecule has 0 fully saturated rings. The Morgan fingerprint density at radius 3 is 2.88 bits per heavy atom. The van der Waals surface area contributed by atoms with Gasteiger partial charge in [0.15, 0.2) is 6.61 Å². The predicted molar refractivity (Wildman–Crippen MR) is 60.3 cm³/mol. The van der Waals surface area contributed by atoms with E-state index in [0.717, 1.165) is 10.8 Å². The van der Waals surface area contributed by atoms with Gasteiger partial charge in [0.1, 0.15) is 5.75 Å². The normalized spacial score (nSPS) is 10.1. The maximum Gasteiger partial charge on any atom is 0.343 e. The van der Waals surface area contributed by atoms with Crippen molar-refractivity contribution in [3.63, 3.8) is 0 Å². The molecule has 0 spiro atoms. The highest BCUT2D eigenvalue weighted by atomic mass is 16.6. The molecule has 16 heavy (non-hydrogen) atoms. The van der Waals surface area contributed by atoms with Crippen LogP contribution in [0, 0.1) is 6.07 Å². The van der Waals surface area contributed by atoms with Crippen molar-refractivity contribution in [2.75, 3.05) is 13.7 Å². The topological polar surface area (TPSA) is 35.5 Å². The summed E-state index contributed by atoms with van der Waals surface area (Å²) in [6, 6.07) is 14.6. The largest absolute Gasteiger partial charge is 0.481 e. The highest BCUT2D eigenvalue weighted by molar-refractivity contribution is 5.83. The molecule has 0 N–H and O–H groups in total. The summed E-state index contributed by atoms with van der Waals surface area (Å²) in [5.74, 6) is 0.144. The fraction of sp³-hybridized carbons (Fsp3) is 0.154. The Morgan fingerprint density at radius 2 is 2.06 bits per heavy atom. The molecular weight excluding hydrogens is 204 g/mol. The molecule has 0 heterocycles. The van der Waals surface area contributed by atoms with E-state index in [-0.39, 0.29) is 6.61 Å². The summed E-state index contributed by atoms with van der Waals surface area (Å²) in [7, 11) is 1.33. The van der Waals surface area contributed by atoms with Crippen LogP contribution in [0.3, 0.4) is 0 Å². The second-order valence-corrected chi connectivity index (χ2v) is 3.27. The molecule has 0 unspecified atom stereocenters. The van der Waals surface area contributed by atoms with Crippen LogP contribution in [0.2, 0.25) is 0 Å². The van der Waals surface area contributed by atoms with Crippen LogP contribution in [0.4, 0.5) is 0 Å². The van der Waals surface area contributed by atoms with Crippen LogP contribution in [0.15, 0.2) is 36.4 Å². The molecular formula is C13H11O3. The summed E-state index contributed by atoms with van der Waals surface area (Å²) in [4.78, 5) is 10.9. The molecule has 0 bridgehead atoms. The molecule has 2 rings (SSSR count). The molecule has 2 aromatic rings. The van der Waals surface area contributed by atoms with Gasteiger partial charge in [0, 0.05) is 6.07 Å². The number of carbonyl (C=O) groups excluding carboxylic acids is 1. The lowest BCUT2D eigenvalue weighted by molar-refractivity contribution is -0.142. The summed E-state index contributed by atoms with van der Waals surface area (Å²) in [5, 5.41) is 2.05. The number of fused-ring (bicyclic) bond motifs is 1. The first-order valence-corrected chi connectivity index (χ1v) is 4.90. The highest BCUT2D eigenvalue weighted by Crippen LogP contribution is 2.19. The average Bonchev–Trinajstić information content (AvgIpc) is 2.35. The van der Waals surface area contributed by atoms with Crippen LogP contribution in [0.25, 0.3) is 10.8 Å². The third-order valence-electron chi connectivity index (χ3n) is 2.21. The average molecular weight is 215 g/mol.